The van der Waals surface area contributed by atoms with Crippen molar-refractivity contribution in [3.8, 4) is 28.4 Å². The van der Waals surface area contributed by atoms with Crippen LogP contribution in [0, 0.1) is 6.92 Å². The van der Waals surface area contributed by atoms with Crippen molar-refractivity contribution in [3.05, 3.63) is 47.1 Å². The SMILES string of the molecule is COc1cc(NC(=O)CC2C(=O)Nc3c(-c4ccc(Cl)cc4)c(C)nn32)cc(OC)c1OC. The average molecular weight is 471 g/mol. The molecule has 0 bridgehead atoms. The second kappa shape index (κ2) is 9.03. The Morgan fingerprint density at radius 3 is 2.33 bits per heavy atom. The van der Waals surface area contributed by atoms with Crippen LogP contribution < -0.4 is 24.8 Å². The molecule has 9 nitrogen and oxygen atoms in total. The van der Waals surface area contributed by atoms with Gasteiger partial charge in [0, 0.05) is 28.4 Å². The quantitative estimate of drug-likeness (QED) is 0.539. The molecule has 1 aliphatic rings. The van der Waals surface area contributed by atoms with Gasteiger partial charge in [0.15, 0.2) is 11.5 Å². The van der Waals surface area contributed by atoms with Gasteiger partial charge in [-0.1, -0.05) is 23.7 Å². The van der Waals surface area contributed by atoms with E-state index in [-0.39, 0.29) is 18.2 Å². The van der Waals surface area contributed by atoms with Gasteiger partial charge in [-0.25, -0.2) is 4.68 Å². The highest BCUT2D eigenvalue weighted by atomic mass is 35.5. The Morgan fingerprint density at radius 1 is 1.12 bits per heavy atom. The first kappa shape index (κ1) is 22.5. The maximum Gasteiger partial charge on any atom is 0.251 e. The van der Waals surface area contributed by atoms with Crippen molar-refractivity contribution in [1.29, 1.82) is 0 Å². The molecule has 1 aliphatic heterocycles. The summed E-state index contributed by atoms with van der Waals surface area (Å²) in [5.74, 6) is 1.13. The predicted molar refractivity (Wildman–Crippen MR) is 124 cm³/mol. The molecule has 2 amide bonds. The fourth-order valence-corrected chi connectivity index (χ4v) is 4.01. The lowest BCUT2D eigenvalue weighted by Gasteiger charge is -2.15. The van der Waals surface area contributed by atoms with Crippen molar-refractivity contribution in [3.63, 3.8) is 0 Å². The summed E-state index contributed by atoms with van der Waals surface area (Å²) in [6, 6.07) is 9.75. The lowest BCUT2D eigenvalue weighted by Crippen LogP contribution is -2.23. The second-order valence-electron chi connectivity index (χ2n) is 7.43. The van der Waals surface area contributed by atoms with Gasteiger partial charge in [-0.15, -0.1) is 0 Å². The number of carbonyl (C=O) groups excluding carboxylic acids is 2. The molecule has 0 saturated carbocycles. The summed E-state index contributed by atoms with van der Waals surface area (Å²) in [5, 5.41) is 10.8. The lowest BCUT2D eigenvalue weighted by molar-refractivity contribution is -0.123. The summed E-state index contributed by atoms with van der Waals surface area (Å²) in [6.07, 6.45) is -0.101. The van der Waals surface area contributed by atoms with E-state index in [1.54, 1.807) is 28.9 Å². The van der Waals surface area contributed by atoms with E-state index in [1.807, 2.05) is 19.1 Å². The van der Waals surface area contributed by atoms with Gasteiger partial charge in [-0.3, -0.25) is 9.59 Å². The number of rotatable bonds is 7. The number of fused-ring (bicyclic) bond motifs is 1. The molecule has 1 aromatic heterocycles. The molecule has 0 saturated heterocycles. The molecule has 33 heavy (non-hydrogen) atoms. The molecular formula is C23H23ClN4O5. The van der Waals surface area contributed by atoms with Gasteiger partial charge in [0.05, 0.1) is 33.4 Å². The number of anilines is 2. The molecule has 0 fully saturated rings. The van der Waals surface area contributed by atoms with Gasteiger partial charge in [0.2, 0.25) is 11.7 Å². The van der Waals surface area contributed by atoms with E-state index in [2.05, 4.69) is 15.7 Å². The number of aryl methyl sites for hydroxylation is 1. The molecule has 172 valence electrons. The van der Waals surface area contributed by atoms with Gasteiger partial charge in [0.1, 0.15) is 11.9 Å². The van der Waals surface area contributed by atoms with E-state index >= 15 is 0 Å². The summed E-state index contributed by atoms with van der Waals surface area (Å²) >= 11 is 6.00. The fraction of sp³-hybridized carbons (Fsp3) is 0.261. The summed E-state index contributed by atoms with van der Waals surface area (Å²) in [7, 11) is 4.48. The average Bonchev–Trinajstić information content (AvgIpc) is 3.27. The van der Waals surface area contributed by atoms with E-state index in [1.165, 1.54) is 21.3 Å². The van der Waals surface area contributed by atoms with Crippen LogP contribution in [0.25, 0.3) is 11.1 Å². The minimum Gasteiger partial charge on any atom is -0.493 e. The summed E-state index contributed by atoms with van der Waals surface area (Å²) in [6.45, 7) is 1.86. The molecular weight excluding hydrogens is 448 g/mol. The Hall–Kier alpha value is -3.72. The van der Waals surface area contributed by atoms with Gasteiger partial charge in [-0.2, -0.15) is 5.10 Å². The molecule has 0 spiro atoms. The highest BCUT2D eigenvalue weighted by Crippen LogP contribution is 2.41. The number of amides is 2. The number of hydrogen-bond acceptors (Lipinski definition) is 6. The molecule has 2 aromatic carbocycles. The molecule has 0 aliphatic carbocycles. The Morgan fingerprint density at radius 2 is 1.76 bits per heavy atom. The van der Waals surface area contributed by atoms with Crippen molar-refractivity contribution < 1.29 is 23.8 Å². The van der Waals surface area contributed by atoms with Crippen molar-refractivity contribution in [2.45, 2.75) is 19.4 Å². The number of benzene rings is 2. The minimum absolute atomic E-state index is 0.101. The summed E-state index contributed by atoms with van der Waals surface area (Å²) < 4.78 is 17.5. The number of carbonyl (C=O) groups is 2. The first-order chi connectivity index (χ1) is 15.9. The zero-order chi connectivity index (χ0) is 23.7. The molecule has 1 unspecified atom stereocenters. The van der Waals surface area contributed by atoms with Crippen LogP contribution >= 0.6 is 11.6 Å². The maximum absolute atomic E-state index is 12.8. The Labute approximate surface area is 195 Å². The highest BCUT2D eigenvalue weighted by Gasteiger charge is 2.36. The molecule has 10 heteroatoms. The molecule has 3 aromatic rings. The van der Waals surface area contributed by atoms with Crippen LogP contribution in [0.3, 0.4) is 0 Å². The predicted octanol–water partition coefficient (Wildman–Crippen LogP) is 4.06. The number of ether oxygens (including phenoxy) is 3. The minimum atomic E-state index is -0.776. The largest absolute Gasteiger partial charge is 0.493 e. The number of aromatic nitrogens is 2. The summed E-state index contributed by atoms with van der Waals surface area (Å²) in [4.78, 5) is 25.5. The van der Waals surface area contributed by atoms with Crippen LogP contribution in [0.2, 0.25) is 5.02 Å². The molecule has 4 rings (SSSR count). The summed E-state index contributed by atoms with van der Waals surface area (Å²) in [5.41, 5.74) is 2.86. The first-order valence-electron chi connectivity index (χ1n) is 10.1. The van der Waals surface area contributed by atoms with Crippen molar-refractivity contribution in [2.75, 3.05) is 32.0 Å². The lowest BCUT2D eigenvalue weighted by atomic mass is 10.1. The van der Waals surface area contributed by atoms with E-state index in [0.717, 1.165) is 16.8 Å². The van der Waals surface area contributed by atoms with E-state index in [9.17, 15) is 9.59 Å². The maximum atomic E-state index is 12.8. The third-order valence-corrected chi connectivity index (χ3v) is 5.64. The Bertz CT molecular complexity index is 1200. The van der Waals surface area contributed by atoms with Crippen LogP contribution in [0.5, 0.6) is 17.2 Å². The molecule has 1 atom stereocenters. The zero-order valence-corrected chi connectivity index (χ0v) is 19.3. The Kier molecular flexibility index (Phi) is 6.15. The van der Waals surface area contributed by atoms with Crippen LogP contribution in [-0.4, -0.2) is 42.9 Å². The van der Waals surface area contributed by atoms with Gasteiger partial charge >= 0.3 is 0 Å². The highest BCUT2D eigenvalue weighted by molar-refractivity contribution is 6.30. The third kappa shape index (κ3) is 4.19. The van der Waals surface area contributed by atoms with E-state index < -0.39 is 6.04 Å². The topological polar surface area (TPSA) is 104 Å². The van der Waals surface area contributed by atoms with Gasteiger partial charge in [0.25, 0.3) is 5.91 Å². The number of methoxy groups -OCH3 is 3. The molecule has 0 radical (unpaired) electrons. The first-order valence-corrected chi connectivity index (χ1v) is 10.5. The molecule has 2 N–H and O–H groups in total. The van der Waals surface area contributed by atoms with Gasteiger partial charge in [-0.05, 0) is 24.6 Å². The smallest absolute Gasteiger partial charge is 0.251 e. The molecule has 2 heterocycles. The van der Waals surface area contributed by atoms with Crippen molar-refractivity contribution >= 4 is 34.9 Å². The van der Waals surface area contributed by atoms with Crippen LogP contribution in [0.15, 0.2) is 36.4 Å². The van der Waals surface area contributed by atoms with Crippen molar-refractivity contribution in [2.24, 2.45) is 0 Å². The fourth-order valence-electron chi connectivity index (χ4n) is 3.89. The van der Waals surface area contributed by atoms with Crippen LogP contribution in [-0.2, 0) is 9.59 Å². The van der Waals surface area contributed by atoms with E-state index in [0.29, 0.717) is 33.8 Å². The van der Waals surface area contributed by atoms with Crippen molar-refractivity contribution in [1.82, 2.24) is 9.78 Å². The van der Waals surface area contributed by atoms with Gasteiger partial charge < -0.3 is 24.8 Å². The second-order valence-corrected chi connectivity index (χ2v) is 7.87. The number of nitrogens with one attached hydrogen (secondary N) is 2. The number of hydrogen-bond donors (Lipinski definition) is 2. The third-order valence-electron chi connectivity index (χ3n) is 5.39. The van der Waals surface area contributed by atoms with Crippen LogP contribution in [0.4, 0.5) is 11.5 Å². The monoisotopic (exact) mass is 470 g/mol. The normalized spacial score (nSPS) is 14.5. The van der Waals surface area contributed by atoms with E-state index in [4.69, 9.17) is 25.8 Å². The standard InChI is InChI=1S/C23H23ClN4O5/c1-12-20(13-5-7-14(24)8-6-13)22-26-23(30)16(28(22)27-12)11-19(29)25-15-9-17(31-2)21(33-4)18(10-15)32-3/h5-10,16H,11H2,1-4H3,(H,25,29)(H,26,30). The number of nitrogens with zero attached hydrogens (tertiary/aromatic N) is 2. The number of halogens is 1. The van der Waals surface area contributed by atoms with Crippen LogP contribution in [0.1, 0.15) is 18.2 Å². The Balaban J connectivity index is 1.57. The zero-order valence-electron chi connectivity index (χ0n) is 18.6.